The molecule has 0 aliphatic carbocycles. The second kappa shape index (κ2) is 5.14. The van der Waals surface area contributed by atoms with Gasteiger partial charge in [0.15, 0.2) is 0 Å². The number of nitrogens with two attached hydrogens (primary N) is 1. The summed E-state index contributed by atoms with van der Waals surface area (Å²) in [4.78, 5) is 0. The Morgan fingerprint density at radius 3 is 3.27 bits per heavy atom. The third-order valence-corrected chi connectivity index (χ3v) is 2.45. The van der Waals surface area contributed by atoms with E-state index >= 15 is 0 Å². The molecule has 1 aromatic rings. The van der Waals surface area contributed by atoms with Crippen LogP contribution in [0.2, 0.25) is 0 Å². The number of nitrogens with zero attached hydrogens (tertiary/aromatic N) is 2. The lowest BCUT2D eigenvalue weighted by molar-refractivity contribution is 0.0142. The van der Waals surface area contributed by atoms with E-state index in [0.29, 0.717) is 25.0 Å². The largest absolute Gasteiger partial charge is 0.396 e. The van der Waals surface area contributed by atoms with Gasteiger partial charge in [0.05, 0.1) is 37.7 Å². The quantitative estimate of drug-likeness (QED) is 0.727. The fourth-order valence-corrected chi connectivity index (χ4v) is 1.65. The molecule has 2 heterocycles. The lowest BCUT2D eigenvalue weighted by atomic mass is 10.2. The summed E-state index contributed by atoms with van der Waals surface area (Å²) in [6, 6.07) is 0. The van der Waals surface area contributed by atoms with Gasteiger partial charge >= 0.3 is 0 Å². The van der Waals surface area contributed by atoms with Gasteiger partial charge in [0, 0.05) is 12.8 Å². The third kappa shape index (κ3) is 3.21. The van der Waals surface area contributed by atoms with Crippen LogP contribution in [0.4, 0.5) is 5.69 Å². The first kappa shape index (κ1) is 10.4. The van der Waals surface area contributed by atoms with Crippen LogP contribution < -0.4 is 5.73 Å². The van der Waals surface area contributed by atoms with Crippen molar-refractivity contribution in [1.29, 1.82) is 0 Å². The molecule has 0 aromatic carbocycles. The Morgan fingerprint density at radius 2 is 2.60 bits per heavy atom. The normalized spacial score (nSPS) is 20.9. The van der Waals surface area contributed by atoms with Crippen LogP contribution in [-0.4, -0.2) is 35.7 Å². The van der Waals surface area contributed by atoms with Crippen molar-refractivity contribution in [2.24, 2.45) is 0 Å². The second-order valence-corrected chi connectivity index (χ2v) is 3.75. The summed E-state index contributed by atoms with van der Waals surface area (Å²) in [6.45, 7) is 2.96. The number of hydrogen-bond donors (Lipinski definition) is 1. The Balaban J connectivity index is 1.58. The summed E-state index contributed by atoms with van der Waals surface area (Å²) >= 11 is 0. The maximum atomic E-state index is 5.54. The van der Waals surface area contributed by atoms with E-state index in [9.17, 15) is 0 Å². The number of rotatable bonds is 5. The average molecular weight is 211 g/mol. The van der Waals surface area contributed by atoms with Crippen LogP contribution in [0, 0.1) is 0 Å². The summed E-state index contributed by atoms with van der Waals surface area (Å²) < 4.78 is 12.7. The number of ether oxygens (including phenoxy) is 2. The van der Waals surface area contributed by atoms with E-state index in [1.807, 2.05) is 0 Å². The molecule has 1 aromatic heterocycles. The third-order valence-electron chi connectivity index (χ3n) is 2.45. The van der Waals surface area contributed by atoms with E-state index < -0.39 is 0 Å². The number of aromatic nitrogens is 2. The van der Waals surface area contributed by atoms with E-state index in [2.05, 4.69) is 5.10 Å². The fraction of sp³-hybridized carbons (Fsp3) is 0.700. The molecule has 0 saturated carbocycles. The van der Waals surface area contributed by atoms with Gasteiger partial charge < -0.3 is 15.2 Å². The van der Waals surface area contributed by atoms with Crippen LogP contribution in [0.5, 0.6) is 0 Å². The molecule has 5 nitrogen and oxygen atoms in total. The Morgan fingerprint density at radius 1 is 1.67 bits per heavy atom. The molecule has 5 heteroatoms. The van der Waals surface area contributed by atoms with Gasteiger partial charge in [-0.2, -0.15) is 5.10 Å². The molecule has 1 aliphatic heterocycles. The van der Waals surface area contributed by atoms with Crippen molar-refractivity contribution < 1.29 is 9.47 Å². The van der Waals surface area contributed by atoms with E-state index in [-0.39, 0.29) is 0 Å². The molecule has 1 aliphatic rings. The van der Waals surface area contributed by atoms with Crippen molar-refractivity contribution in [3.05, 3.63) is 12.4 Å². The molecule has 2 rings (SSSR count). The van der Waals surface area contributed by atoms with Gasteiger partial charge in [-0.3, -0.25) is 4.68 Å². The zero-order chi connectivity index (χ0) is 10.5. The Bertz CT molecular complexity index is 295. The van der Waals surface area contributed by atoms with Crippen LogP contribution in [-0.2, 0) is 16.0 Å². The van der Waals surface area contributed by atoms with Gasteiger partial charge in [-0.25, -0.2) is 0 Å². The van der Waals surface area contributed by atoms with E-state index in [4.69, 9.17) is 15.2 Å². The average Bonchev–Trinajstić information content (AvgIpc) is 2.84. The van der Waals surface area contributed by atoms with Crippen LogP contribution >= 0.6 is 0 Å². The van der Waals surface area contributed by atoms with Crippen molar-refractivity contribution in [3.63, 3.8) is 0 Å². The maximum absolute atomic E-state index is 5.54. The van der Waals surface area contributed by atoms with E-state index in [1.54, 1.807) is 17.1 Å². The molecule has 0 amide bonds. The zero-order valence-corrected chi connectivity index (χ0v) is 8.76. The summed E-state index contributed by atoms with van der Waals surface area (Å²) in [7, 11) is 0. The number of nitrogen functional groups attached to an aromatic ring is 1. The minimum Gasteiger partial charge on any atom is -0.396 e. The first-order chi connectivity index (χ1) is 7.34. The summed E-state index contributed by atoms with van der Waals surface area (Å²) in [5, 5.41) is 4.07. The van der Waals surface area contributed by atoms with Crippen molar-refractivity contribution >= 4 is 5.69 Å². The molecule has 0 bridgehead atoms. The van der Waals surface area contributed by atoms with Gasteiger partial charge in [0.2, 0.25) is 0 Å². The smallest absolute Gasteiger partial charge is 0.0809 e. The maximum Gasteiger partial charge on any atom is 0.0809 e. The molecule has 15 heavy (non-hydrogen) atoms. The Hall–Kier alpha value is -1.07. The van der Waals surface area contributed by atoms with Crippen LogP contribution in [0.1, 0.15) is 12.8 Å². The molecule has 2 N–H and O–H groups in total. The molecule has 1 atom stereocenters. The van der Waals surface area contributed by atoms with E-state index in [0.717, 1.165) is 26.0 Å². The number of anilines is 1. The minimum atomic E-state index is 0.299. The zero-order valence-electron chi connectivity index (χ0n) is 8.76. The van der Waals surface area contributed by atoms with Gasteiger partial charge in [0.1, 0.15) is 0 Å². The lowest BCUT2D eigenvalue weighted by Crippen LogP contribution is -2.16. The van der Waals surface area contributed by atoms with Gasteiger partial charge in [-0.1, -0.05) is 0 Å². The van der Waals surface area contributed by atoms with Crippen molar-refractivity contribution in [2.45, 2.75) is 25.5 Å². The Labute approximate surface area is 89.2 Å². The number of hydrogen-bond acceptors (Lipinski definition) is 4. The summed E-state index contributed by atoms with van der Waals surface area (Å²) in [5.41, 5.74) is 6.23. The molecule has 1 saturated heterocycles. The fourth-order valence-electron chi connectivity index (χ4n) is 1.65. The summed E-state index contributed by atoms with van der Waals surface area (Å²) in [6.07, 6.45) is 6.02. The minimum absolute atomic E-state index is 0.299. The SMILES string of the molecule is Nc1cnn(CCOCC2CCCO2)c1. The van der Waals surface area contributed by atoms with Gasteiger partial charge in [0.25, 0.3) is 0 Å². The topological polar surface area (TPSA) is 62.3 Å². The molecule has 0 radical (unpaired) electrons. The van der Waals surface area contributed by atoms with Gasteiger partial charge in [-0.15, -0.1) is 0 Å². The highest BCUT2D eigenvalue weighted by Gasteiger charge is 2.14. The predicted molar refractivity (Wildman–Crippen MR) is 56.4 cm³/mol. The highest BCUT2D eigenvalue weighted by atomic mass is 16.5. The molecular weight excluding hydrogens is 194 g/mol. The molecular formula is C10H17N3O2. The highest BCUT2D eigenvalue weighted by Crippen LogP contribution is 2.11. The summed E-state index contributed by atoms with van der Waals surface area (Å²) in [5.74, 6) is 0. The van der Waals surface area contributed by atoms with Crippen molar-refractivity contribution in [3.8, 4) is 0 Å². The Kier molecular flexibility index (Phi) is 3.58. The molecule has 84 valence electrons. The standard InChI is InChI=1S/C10H17N3O2/c11-9-6-12-13(7-9)3-5-14-8-10-2-1-4-15-10/h6-7,10H,1-5,8,11H2. The first-order valence-corrected chi connectivity index (χ1v) is 5.32. The highest BCUT2D eigenvalue weighted by molar-refractivity contribution is 5.30. The molecule has 1 fully saturated rings. The van der Waals surface area contributed by atoms with Gasteiger partial charge in [-0.05, 0) is 12.8 Å². The van der Waals surface area contributed by atoms with E-state index in [1.165, 1.54) is 0 Å². The molecule has 0 spiro atoms. The van der Waals surface area contributed by atoms with Crippen LogP contribution in [0.25, 0.3) is 0 Å². The monoisotopic (exact) mass is 211 g/mol. The van der Waals surface area contributed by atoms with Crippen molar-refractivity contribution in [2.75, 3.05) is 25.6 Å². The predicted octanol–water partition coefficient (Wildman–Crippen LogP) is 0.661. The van der Waals surface area contributed by atoms with Crippen LogP contribution in [0.3, 0.4) is 0 Å². The van der Waals surface area contributed by atoms with Crippen LogP contribution in [0.15, 0.2) is 12.4 Å². The molecule has 1 unspecified atom stereocenters. The second-order valence-electron chi connectivity index (χ2n) is 3.75. The first-order valence-electron chi connectivity index (χ1n) is 5.32. The van der Waals surface area contributed by atoms with Crippen molar-refractivity contribution in [1.82, 2.24) is 9.78 Å². The lowest BCUT2D eigenvalue weighted by Gasteiger charge is -2.09.